The summed E-state index contributed by atoms with van der Waals surface area (Å²) in [6.45, 7) is 6.51. The minimum absolute atomic E-state index is 0.0943. The van der Waals surface area contributed by atoms with Gasteiger partial charge in [0.25, 0.3) is 0 Å². The van der Waals surface area contributed by atoms with Crippen LogP contribution in [0.15, 0.2) is 72.9 Å². The fourth-order valence-electron chi connectivity index (χ4n) is 8.71. The summed E-state index contributed by atoms with van der Waals surface area (Å²) in [5, 5.41) is 0. The van der Waals surface area contributed by atoms with Crippen LogP contribution in [0, 0.1) is 0 Å². The Labute approximate surface area is 440 Å². The molecule has 0 fully saturated rings. The van der Waals surface area contributed by atoms with Crippen LogP contribution in [0.3, 0.4) is 0 Å². The van der Waals surface area contributed by atoms with Crippen molar-refractivity contribution in [3.8, 4) is 0 Å². The van der Waals surface area contributed by atoms with Crippen LogP contribution in [0.2, 0.25) is 0 Å². The second-order valence-corrected chi connectivity index (χ2v) is 20.2. The van der Waals surface area contributed by atoms with E-state index in [9.17, 15) is 14.4 Å². The average molecular weight is 992 g/mol. The van der Waals surface area contributed by atoms with Crippen LogP contribution < -0.4 is 0 Å². The van der Waals surface area contributed by atoms with Gasteiger partial charge < -0.3 is 14.2 Å². The first-order valence-corrected chi connectivity index (χ1v) is 30.4. The SMILES string of the molecule is CC/C=C\C/C=C\C/C=C\C/C=C\C/C=C\C/C=C\CCC(=O)OCC(COC(=O)CCCCCCCCCCCCCCCCCC)OC(=O)CCCCCCCCCCCCCCCCCCCC. The Kier molecular flexibility index (Phi) is 56.8. The summed E-state index contributed by atoms with van der Waals surface area (Å²) in [5.74, 6) is -0.966. The third-order valence-corrected chi connectivity index (χ3v) is 13.2. The van der Waals surface area contributed by atoms with Gasteiger partial charge in [-0.1, -0.05) is 299 Å². The molecule has 0 aromatic heterocycles. The summed E-state index contributed by atoms with van der Waals surface area (Å²) in [6, 6.07) is 0. The molecule has 71 heavy (non-hydrogen) atoms. The molecule has 0 bridgehead atoms. The number of hydrogen-bond acceptors (Lipinski definition) is 6. The standard InChI is InChI=1S/C65H114O6/c1-4-7-10-13-16-19-22-25-28-31-33-35-37-40-43-46-49-52-55-58-64(67)70-61-62(60-69-63(66)57-54-51-48-45-42-39-36-30-27-24-21-18-15-12-9-6-3)71-65(68)59-56-53-50-47-44-41-38-34-32-29-26-23-20-17-14-11-8-5-2/h7,10,16,19,25,28,33,35,40,43,49,52,62H,4-6,8-9,11-15,17-18,20-24,26-27,29-32,34,36-39,41-42,44-48,50-51,53-61H2,1-3H3/b10-7-,19-16-,28-25-,35-33-,43-40-,52-49-. The highest BCUT2D eigenvalue weighted by Gasteiger charge is 2.19. The van der Waals surface area contributed by atoms with Gasteiger partial charge in [0.2, 0.25) is 0 Å². The summed E-state index contributed by atoms with van der Waals surface area (Å²) >= 11 is 0. The van der Waals surface area contributed by atoms with Crippen molar-refractivity contribution in [1.82, 2.24) is 0 Å². The van der Waals surface area contributed by atoms with Crippen molar-refractivity contribution in [1.29, 1.82) is 0 Å². The monoisotopic (exact) mass is 991 g/mol. The third kappa shape index (κ3) is 57.6. The first-order valence-electron chi connectivity index (χ1n) is 30.4. The second kappa shape index (κ2) is 59.4. The molecule has 0 aliphatic carbocycles. The van der Waals surface area contributed by atoms with Crippen LogP contribution in [0.5, 0.6) is 0 Å². The van der Waals surface area contributed by atoms with Crippen molar-refractivity contribution in [3.63, 3.8) is 0 Å². The first-order chi connectivity index (χ1) is 35.0. The molecule has 0 spiro atoms. The van der Waals surface area contributed by atoms with Gasteiger partial charge in [0.15, 0.2) is 6.10 Å². The van der Waals surface area contributed by atoms with Crippen molar-refractivity contribution in [2.75, 3.05) is 13.2 Å². The Balaban J connectivity index is 4.45. The molecule has 0 heterocycles. The maximum Gasteiger partial charge on any atom is 0.306 e. The highest BCUT2D eigenvalue weighted by atomic mass is 16.6. The summed E-state index contributed by atoms with van der Waals surface area (Å²) in [4.78, 5) is 38.2. The predicted octanol–water partition coefficient (Wildman–Crippen LogP) is 20.5. The molecular formula is C65H114O6. The van der Waals surface area contributed by atoms with Gasteiger partial charge in [0.1, 0.15) is 13.2 Å². The molecule has 0 amide bonds. The zero-order valence-electron chi connectivity index (χ0n) is 47.0. The maximum atomic E-state index is 12.9. The lowest BCUT2D eigenvalue weighted by atomic mass is 10.0. The van der Waals surface area contributed by atoms with E-state index in [2.05, 4.69) is 87.6 Å². The van der Waals surface area contributed by atoms with Crippen LogP contribution >= 0.6 is 0 Å². The summed E-state index contributed by atoms with van der Waals surface area (Å²) in [5.41, 5.74) is 0. The summed E-state index contributed by atoms with van der Waals surface area (Å²) < 4.78 is 16.8. The Morgan fingerprint density at radius 1 is 0.296 bits per heavy atom. The van der Waals surface area contributed by atoms with E-state index >= 15 is 0 Å². The van der Waals surface area contributed by atoms with Gasteiger partial charge in [-0.3, -0.25) is 14.4 Å². The highest BCUT2D eigenvalue weighted by molar-refractivity contribution is 5.71. The van der Waals surface area contributed by atoms with E-state index in [4.69, 9.17) is 14.2 Å². The smallest absolute Gasteiger partial charge is 0.306 e. The van der Waals surface area contributed by atoms with Gasteiger partial charge >= 0.3 is 17.9 Å². The molecule has 0 radical (unpaired) electrons. The number of carbonyl (C=O) groups excluding carboxylic acids is 3. The molecule has 0 saturated carbocycles. The van der Waals surface area contributed by atoms with Gasteiger partial charge in [-0.15, -0.1) is 0 Å². The number of ether oxygens (including phenoxy) is 3. The van der Waals surface area contributed by atoms with Gasteiger partial charge in [0.05, 0.1) is 0 Å². The van der Waals surface area contributed by atoms with Gasteiger partial charge in [-0.05, 0) is 57.8 Å². The van der Waals surface area contributed by atoms with E-state index < -0.39 is 6.10 Å². The molecule has 6 nitrogen and oxygen atoms in total. The molecule has 6 heteroatoms. The first kappa shape index (κ1) is 67.8. The molecule has 410 valence electrons. The molecule has 0 aromatic rings. The fourth-order valence-corrected chi connectivity index (χ4v) is 8.71. The number of hydrogen-bond donors (Lipinski definition) is 0. The molecule has 0 aliphatic rings. The molecule has 1 atom stereocenters. The van der Waals surface area contributed by atoms with Crippen molar-refractivity contribution in [2.24, 2.45) is 0 Å². The molecule has 0 saturated heterocycles. The van der Waals surface area contributed by atoms with Crippen LogP contribution in [0.4, 0.5) is 0 Å². The lowest BCUT2D eigenvalue weighted by Gasteiger charge is -2.18. The van der Waals surface area contributed by atoms with Gasteiger partial charge in [-0.25, -0.2) is 0 Å². The predicted molar refractivity (Wildman–Crippen MR) is 307 cm³/mol. The number of unbranched alkanes of at least 4 members (excludes halogenated alkanes) is 32. The Morgan fingerprint density at radius 3 is 0.859 bits per heavy atom. The van der Waals surface area contributed by atoms with E-state index in [0.717, 1.165) is 77.0 Å². The maximum absolute atomic E-state index is 12.9. The normalized spacial score (nSPS) is 12.5. The van der Waals surface area contributed by atoms with E-state index in [1.807, 2.05) is 6.08 Å². The van der Waals surface area contributed by atoms with E-state index in [0.29, 0.717) is 19.3 Å². The molecular weight excluding hydrogens is 877 g/mol. The van der Waals surface area contributed by atoms with E-state index in [-0.39, 0.29) is 37.5 Å². The second-order valence-electron chi connectivity index (χ2n) is 20.2. The Bertz CT molecular complexity index is 1320. The van der Waals surface area contributed by atoms with Gasteiger partial charge in [0, 0.05) is 19.3 Å². The largest absolute Gasteiger partial charge is 0.462 e. The topological polar surface area (TPSA) is 78.9 Å². The van der Waals surface area contributed by atoms with E-state index in [1.54, 1.807) is 0 Å². The highest BCUT2D eigenvalue weighted by Crippen LogP contribution is 2.17. The van der Waals surface area contributed by atoms with Crippen molar-refractivity contribution in [2.45, 2.75) is 309 Å². The fraction of sp³-hybridized carbons (Fsp3) is 0.769. The van der Waals surface area contributed by atoms with Crippen LogP contribution in [-0.4, -0.2) is 37.2 Å². The molecule has 0 rings (SSSR count). The van der Waals surface area contributed by atoms with Crippen molar-refractivity contribution >= 4 is 17.9 Å². The lowest BCUT2D eigenvalue weighted by molar-refractivity contribution is -0.166. The number of allylic oxidation sites excluding steroid dienone is 12. The third-order valence-electron chi connectivity index (χ3n) is 13.2. The number of carbonyl (C=O) groups is 3. The Morgan fingerprint density at radius 2 is 0.549 bits per heavy atom. The molecule has 1 unspecified atom stereocenters. The van der Waals surface area contributed by atoms with Crippen LogP contribution in [0.1, 0.15) is 303 Å². The van der Waals surface area contributed by atoms with Gasteiger partial charge in [-0.2, -0.15) is 0 Å². The van der Waals surface area contributed by atoms with Crippen LogP contribution in [-0.2, 0) is 28.6 Å². The lowest BCUT2D eigenvalue weighted by Crippen LogP contribution is -2.30. The zero-order chi connectivity index (χ0) is 51.4. The summed E-state index contributed by atoms with van der Waals surface area (Å²) in [6.07, 6.45) is 76.2. The van der Waals surface area contributed by atoms with Crippen molar-refractivity contribution in [3.05, 3.63) is 72.9 Å². The molecule has 0 aliphatic heterocycles. The average Bonchev–Trinajstić information content (AvgIpc) is 3.37. The van der Waals surface area contributed by atoms with Crippen LogP contribution in [0.25, 0.3) is 0 Å². The minimum Gasteiger partial charge on any atom is -0.462 e. The van der Waals surface area contributed by atoms with Crippen molar-refractivity contribution < 1.29 is 28.6 Å². The molecule has 0 aromatic carbocycles. The number of rotatable bonds is 55. The molecule has 0 N–H and O–H groups in total. The minimum atomic E-state index is -0.803. The Hall–Kier alpha value is -3.15. The van der Waals surface area contributed by atoms with E-state index in [1.165, 1.54) is 180 Å². The summed E-state index contributed by atoms with van der Waals surface area (Å²) in [7, 11) is 0. The zero-order valence-corrected chi connectivity index (χ0v) is 47.0. The quantitative estimate of drug-likeness (QED) is 0.0261. The number of esters is 3.